The van der Waals surface area contributed by atoms with Crippen molar-refractivity contribution < 1.29 is 24.3 Å². The molecule has 0 saturated heterocycles. The van der Waals surface area contributed by atoms with Gasteiger partial charge in [-0.25, -0.2) is 0 Å². The fourth-order valence-electron chi connectivity index (χ4n) is 2.51. The third-order valence-corrected chi connectivity index (χ3v) is 4.21. The maximum absolute atomic E-state index is 12.4. The number of amides is 1. The number of rotatable bonds is 6. The minimum absolute atomic E-state index is 0.124. The second-order valence-electron chi connectivity index (χ2n) is 5.75. The number of fused-ring (bicyclic) bond motifs is 1. The molecule has 1 aliphatic rings. The SMILES string of the molecule is COc1ccc(Cl)cc1NC(=O)[C@@H](C)[NH2+]Cc1ccc2c(c1)OCO2. The molecule has 1 atom stereocenters. The summed E-state index contributed by atoms with van der Waals surface area (Å²) < 4.78 is 15.9. The van der Waals surface area contributed by atoms with Crippen LogP contribution in [0.4, 0.5) is 5.69 Å². The van der Waals surface area contributed by atoms with E-state index in [0.29, 0.717) is 23.0 Å². The second kappa shape index (κ2) is 7.63. The Kier molecular flexibility index (Phi) is 5.31. The topological polar surface area (TPSA) is 73.4 Å². The molecule has 6 nitrogen and oxygen atoms in total. The largest absolute Gasteiger partial charge is 0.495 e. The summed E-state index contributed by atoms with van der Waals surface area (Å²) in [7, 11) is 1.55. The van der Waals surface area contributed by atoms with Gasteiger partial charge >= 0.3 is 0 Å². The van der Waals surface area contributed by atoms with Crippen LogP contribution in [0.3, 0.4) is 0 Å². The number of nitrogens with two attached hydrogens (primary N) is 1. The molecule has 132 valence electrons. The lowest BCUT2D eigenvalue weighted by atomic mass is 10.2. The van der Waals surface area contributed by atoms with Gasteiger partial charge in [-0.05, 0) is 43.3 Å². The van der Waals surface area contributed by atoms with Crippen LogP contribution in [-0.4, -0.2) is 25.9 Å². The quantitative estimate of drug-likeness (QED) is 0.825. The summed E-state index contributed by atoms with van der Waals surface area (Å²) >= 11 is 5.99. The van der Waals surface area contributed by atoms with Gasteiger partial charge in [0.05, 0.1) is 12.8 Å². The van der Waals surface area contributed by atoms with Crippen molar-refractivity contribution >= 4 is 23.2 Å². The molecular weight excluding hydrogens is 344 g/mol. The summed E-state index contributed by atoms with van der Waals surface area (Å²) in [5.74, 6) is 1.94. The maximum Gasteiger partial charge on any atom is 0.282 e. The van der Waals surface area contributed by atoms with Gasteiger partial charge in [-0.3, -0.25) is 4.79 Å². The predicted molar refractivity (Wildman–Crippen MR) is 94.3 cm³/mol. The molecule has 2 aromatic rings. The zero-order valence-electron chi connectivity index (χ0n) is 14.0. The number of carbonyl (C=O) groups is 1. The molecule has 3 N–H and O–H groups in total. The first-order valence-corrected chi connectivity index (χ1v) is 8.31. The molecule has 3 rings (SSSR count). The Hall–Kier alpha value is -2.44. The molecule has 1 amide bonds. The van der Waals surface area contributed by atoms with E-state index in [1.165, 1.54) is 0 Å². The highest BCUT2D eigenvalue weighted by molar-refractivity contribution is 6.31. The summed E-state index contributed by atoms with van der Waals surface area (Å²) in [6.07, 6.45) is 0. The van der Waals surface area contributed by atoms with Crippen LogP contribution in [0.15, 0.2) is 36.4 Å². The van der Waals surface area contributed by atoms with E-state index in [0.717, 1.165) is 17.1 Å². The minimum atomic E-state index is -0.283. The zero-order chi connectivity index (χ0) is 17.8. The van der Waals surface area contributed by atoms with Gasteiger partial charge in [0.1, 0.15) is 12.3 Å². The standard InChI is InChI=1S/C18H19ClN2O4/c1-11(18(22)21-14-8-13(19)4-6-15(14)23-2)20-9-12-3-5-16-17(7-12)25-10-24-16/h3-8,11,20H,9-10H2,1-2H3,(H,21,22)/p+1/t11-/m1/s1. The van der Waals surface area contributed by atoms with Crippen LogP contribution >= 0.6 is 11.6 Å². The van der Waals surface area contributed by atoms with Crippen LogP contribution in [0, 0.1) is 0 Å². The lowest BCUT2D eigenvalue weighted by Crippen LogP contribution is -2.90. The van der Waals surface area contributed by atoms with Gasteiger partial charge in [0.25, 0.3) is 5.91 Å². The van der Waals surface area contributed by atoms with E-state index in [2.05, 4.69) is 5.32 Å². The molecule has 0 spiro atoms. The van der Waals surface area contributed by atoms with Crippen molar-refractivity contribution in [3.63, 3.8) is 0 Å². The molecule has 0 aliphatic carbocycles. The number of methoxy groups -OCH3 is 1. The number of benzene rings is 2. The molecule has 1 heterocycles. The average molecular weight is 364 g/mol. The summed E-state index contributed by atoms with van der Waals surface area (Å²) in [5, 5.41) is 5.34. The van der Waals surface area contributed by atoms with Crippen LogP contribution < -0.4 is 24.8 Å². The Balaban J connectivity index is 1.59. The molecule has 0 unspecified atom stereocenters. The van der Waals surface area contributed by atoms with Crippen molar-refractivity contribution in [1.29, 1.82) is 0 Å². The molecule has 0 fully saturated rings. The molecule has 0 radical (unpaired) electrons. The van der Waals surface area contributed by atoms with Crippen LogP contribution in [0.5, 0.6) is 17.2 Å². The molecule has 1 aliphatic heterocycles. The van der Waals surface area contributed by atoms with Gasteiger partial charge in [0, 0.05) is 10.6 Å². The van der Waals surface area contributed by atoms with E-state index in [1.54, 1.807) is 25.3 Å². The number of hydrogen-bond acceptors (Lipinski definition) is 4. The number of nitrogens with one attached hydrogen (secondary N) is 1. The monoisotopic (exact) mass is 363 g/mol. The highest BCUT2D eigenvalue weighted by Gasteiger charge is 2.19. The van der Waals surface area contributed by atoms with Gasteiger partial charge in [0.15, 0.2) is 17.5 Å². The smallest absolute Gasteiger partial charge is 0.282 e. The van der Waals surface area contributed by atoms with Crippen molar-refractivity contribution in [3.8, 4) is 17.2 Å². The Morgan fingerprint density at radius 2 is 2.08 bits per heavy atom. The number of halogens is 1. The fourth-order valence-corrected chi connectivity index (χ4v) is 2.68. The first kappa shape index (κ1) is 17.4. The van der Waals surface area contributed by atoms with E-state index in [9.17, 15) is 4.79 Å². The van der Waals surface area contributed by atoms with Crippen LogP contribution in [-0.2, 0) is 11.3 Å². The fraction of sp³-hybridized carbons (Fsp3) is 0.278. The van der Waals surface area contributed by atoms with E-state index >= 15 is 0 Å². The summed E-state index contributed by atoms with van der Waals surface area (Å²) in [5.41, 5.74) is 1.62. The van der Waals surface area contributed by atoms with Crippen LogP contribution in [0.2, 0.25) is 5.02 Å². The van der Waals surface area contributed by atoms with Gasteiger partial charge < -0.3 is 24.8 Å². The van der Waals surface area contributed by atoms with E-state index in [4.69, 9.17) is 25.8 Å². The number of anilines is 1. The molecule has 25 heavy (non-hydrogen) atoms. The zero-order valence-corrected chi connectivity index (χ0v) is 14.8. The molecule has 0 bridgehead atoms. The summed E-state index contributed by atoms with van der Waals surface area (Å²) in [4.78, 5) is 12.4. The van der Waals surface area contributed by atoms with Gasteiger partial charge in [0.2, 0.25) is 6.79 Å². The number of hydrogen-bond donors (Lipinski definition) is 2. The van der Waals surface area contributed by atoms with Crippen molar-refractivity contribution in [2.75, 3.05) is 19.2 Å². The highest BCUT2D eigenvalue weighted by Crippen LogP contribution is 2.32. The Bertz CT molecular complexity index is 782. The van der Waals surface area contributed by atoms with E-state index in [1.807, 2.05) is 30.4 Å². The Morgan fingerprint density at radius 1 is 1.28 bits per heavy atom. The number of quaternary nitrogens is 1. The number of carbonyl (C=O) groups excluding carboxylic acids is 1. The summed E-state index contributed by atoms with van der Waals surface area (Å²) in [6.45, 7) is 2.75. The van der Waals surface area contributed by atoms with Gasteiger partial charge in [-0.1, -0.05) is 11.6 Å². The lowest BCUT2D eigenvalue weighted by molar-refractivity contribution is -0.688. The van der Waals surface area contributed by atoms with Crippen molar-refractivity contribution in [1.82, 2.24) is 0 Å². The first-order valence-electron chi connectivity index (χ1n) is 7.93. The minimum Gasteiger partial charge on any atom is -0.495 e. The molecular formula is C18H20ClN2O4+. The average Bonchev–Trinajstić information content (AvgIpc) is 3.07. The van der Waals surface area contributed by atoms with Crippen LogP contribution in [0.25, 0.3) is 0 Å². The van der Waals surface area contributed by atoms with Crippen molar-refractivity contribution in [2.24, 2.45) is 0 Å². The molecule has 0 aromatic heterocycles. The van der Waals surface area contributed by atoms with Crippen molar-refractivity contribution in [2.45, 2.75) is 19.5 Å². The second-order valence-corrected chi connectivity index (χ2v) is 6.19. The van der Waals surface area contributed by atoms with E-state index in [-0.39, 0.29) is 18.7 Å². The van der Waals surface area contributed by atoms with Crippen LogP contribution in [0.1, 0.15) is 12.5 Å². The van der Waals surface area contributed by atoms with Gasteiger partial charge in [-0.15, -0.1) is 0 Å². The van der Waals surface area contributed by atoms with E-state index < -0.39 is 0 Å². The van der Waals surface area contributed by atoms with Crippen molar-refractivity contribution in [3.05, 3.63) is 47.0 Å². The summed E-state index contributed by atoms with van der Waals surface area (Å²) in [6, 6.07) is 10.6. The molecule has 2 aromatic carbocycles. The molecule has 0 saturated carbocycles. The third-order valence-electron chi connectivity index (χ3n) is 3.98. The normalized spacial score (nSPS) is 13.4. The Morgan fingerprint density at radius 3 is 2.88 bits per heavy atom. The number of ether oxygens (including phenoxy) is 3. The maximum atomic E-state index is 12.4. The highest BCUT2D eigenvalue weighted by atomic mass is 35.5. The predicted octanol–water partition coefficient (Wildman–Crippen LogP) is 2.17. The third kappa shape index (κ3) is 4.15. The van der Waals surface area contributed by atoms with Gasteiger partial charge in [-0.2, -0.15) is 0 Å². The molecule has 7 heteroatoms. The Labute approximate surface area is 151 Å². The first-order chi connectivity index (χ1) is 12.1. The lowest BCUT2D eigenvalue weighted by Gasteiger charge is -2.14.